The maximum absolute atomic E-state index is 2.91. The standard InChI is InChI=1S/C18H31I/c1-15(2)11-12-17(4)16(3)9-6-5-7-14(16)8-10-18(17,19)13-15/h14H,5-13H2,1-4H3/t14?,16-,17+,18+/m0/s1. The van der Waals surface area contributed by atoms with Crippen LogP contribution in [0.2, 0.25) is 0 Å². The fourth-order valence-corrected chi connectivity index (χ4v) is 8.24. The second kappa shape index (κ2) is 4.36. The van der Waals surface area contributed by atoms with Crippen LogP contribution in [0.25, 0.3) is 0 Å². The Morgan fingerprint density at radius 2 is 1.58 bits per heavy atom. The number of hydrogen-bond acceptors (Lipinski definition) is 0. The van der Waals surface area contributed by atoms with Crippen molar-refractivity contribution in [1.82, 2.24) is 0 Å². The van der Waals surface area contributed by atoms with Gasteiger partial charge < -0.3 is 0 Å². The summed E-state index contributed by atoms with van der Waals surface area (Å²) in [5, 5.41) is 0. The minimum Gasteiger partial charge on any atom is -0.0782 e. The number of alkyl halides is 1. The van der Waals surface area contributed by atoms with Crippen LogP contribution in [0.5, 0.6) is 0 Å². The summed E-state index contributed by atoms with van der Waals surface area (Å²) in [6.45, 7) is 10.3. The summed E-state index contributed by atoms with van der Waals surface area (Å²) >= 11 is 2.91. The van der Waals surface area contributed by atoms with Crippen LogP contribution in [0.1, 0.15) is 85.5 Å². The van der Waals surface area contributed by atoms with E-state index in [1.165, 1.54) is 57.8 Å². The highest BCUT2D eigenvalue weighted by molar-refractivity contribution is 14.1. The fourth-order valence-electron chi connectivity index (χ4n) is 6.01. The van der Waals surface area contributed by atoms with Gasteiger partial charge in [0.05, 0.1) is 0 Å². The Labute approximate surface area is 133 Å². The Hall–Kier alpha value is 0.730. The molecule has 0 radical (unpaired) electrons. The van der Waals surface area contributed by atoms with Crippen molar-refractivity contribution < 1.29 is 0 Å². The zero-order valence-electron chi connectivity index (χ0n) is 13.3. The number of hydrogen-bond donors (Lipinski definition) is 0. The molecule has 0 saturated heterocycles. The molecule has 0 aliphatic heterocycles. The number of rotatable bonds is 0. The highest BCUT2D eigenvalue weighted by Gasteiger charge is 2.64. The summed E-state index contributed by atoms with van der Waals surface area (Å²) in [6.07, 6.45) is 13.3. The lowest BCUT2D eigenvalue weighted by Gasteiger charge is -2.68. The van der Waals surface area contributed by atoms with Crippen molar-refractivity contribution in [2.24, 2.45) is 22.2 Å². The molecule has 0 nitrogen and oxygen atoms in total. The van der Waals surface area contributed by atoms with E-state index < -0.39 is 0 Å². The first-order valence-corrected chi connectivity index (χ1v) is 9.49. The zero-order chi connectivity index (χ0) is 13.9. The third-order valence-corrected chi connectivity index (χ3v) is 9.71. The van der Waals surface area contributed by atoms with Gasteiger partial charge in [0, 0.05) is 3.42 Å². The summed E-state index contributed by atoms with van der Waals surface area (Å²) < 4.78 is 0.565. The molecule has 110 valence electrons. The lowest BCUT2D eigenvalue weighted by atomic mass is 9.41. The van der Waals surface area contributed by atoms with Crippen molar-refractivity contribution in [1.29, 1.82) is 0 Å². The van der Waals surface area contributed by atoms with E-state index in [2.05, 4.69) is 50.3 Å². The van der Waals surface area contributed by atoms with Crippen LogP contribution in [0.15, 0.2) is 0 Å². The first-order chi connectivity index (χ1) is 8.73. The van der Waals surface area contributed by atoms with Gasteiger partial charge in [-0.2, -0.15) is 0 Å². The van der Waals surface area contributed by atoms with Crippen LogP contribution in [0.3, 0.4) is 0 Å². The summed E-state index contributed by atoms with van der Waals surface area (Å²) in [6, 6.07) is 0. The molecule has 1 heteroatoms. The molecule has 4 atom stereocenters. The second-order valence-electron chi connectivity index (χ2n) is 9.04. The topological polar surface area (TPSA) is 0 Å². The predicted octanol–water partition coefficient (Wildman–Crippen LogP) is 6.37. The molecule has 0 N–H and O–H groups in total. The molecule has 3 rings (SSSR count). The van der Waals surface area contributed by atoms with E-state index in [0.29, 0.717) is 19.7 Å². The molecule has 19 heavy (non-hydrogen) atoms. The largest absolute Gasteiger partial charge is 0.0782 e. The molecule has 0 heterocycles. The SMILES string of the molecule is CC1(C)CC[C@@]2(C)[C@@](I)(CCC3CCCC[C@@]32C)C1. The zero-order valence-corrected chi connectivity index (χ0v) is 15.5. The van der Waals surface area contributed by atoms with Gasteiger partial charge in [0.2, 0.25) is 0 Å². The molecule has 3 fully saturated rings. The van der Waals surface area contributed by atoms with Gasteiger partial charge >= 0.3 is 0 Å². The Bertz CT molecular complexity index is 374. The maximum Gasteiger partial charge on any atom is 0.0286 e. The normalized spacial score (nSPS) is 53.2. The first-order valence-electron chi connectivity index (χ1n) is 8.42. The lowest BCUT2D eigenvalue weighted by Crippen LogP contribution is -2.62. The van der Waals surface area contributed by atoms with E-state index in [1.807, 2.05) is 0 Å². The van der Waals surface area contributed by atoms with Crippen molar-refractivity contribution in [3.63, 3.8) is 0 Å². The summed E-state index contributed by atoms with van der Waals surface area (Å²) in [7, 11) is 0. The minimum atomic E-state index is 0.565. The molecule has 0 aromatic heterocycles. The third kappa shape index (κ3) is 1.96. The van der Waals surface area contributed by atoms with Gasteiger partial charge in [0.25, 0.3) is 0 Å². The molecular weight excluding hydrogens is 343 g/mol. The van der Waals surface area contributed by atoms with Crippen LogP contribution in [0.4, 0.5) is 0 Å². The number of fused-ring (bicyclic) bond motifs is 3. The van der Waals surface area contributed by atoms with Crippen molar-refractivity contribution in [2.75, 3.05) is 0 Å². The van der Waals surface area contributed by atoms with Crippen molar-refractivity contribution >= 4 is 22.6 Å². The van der Waals surface area contributed by atoms with Gasteiger partial charge in [-0.05, 0) is 67.1 Å². The molecule has 0 spiro atoms. The summed E-state index contributed by atoms with van der Waals surface area (Å²) in [4.78, 5) is 0. The van der Waals surface area contributed by atoms with Crippen LogP contribution in [-0.2, 0) is 0 Å². The Balaban J connectivity index is 2.00. The Morgan fingerprint density at radius 1 is 0.842 bits per heavy atom. The Morgan fingerprint density at radius 3 is 2.32 bits per heavy atom. The molecule has 0 aromatic rings. The summed E-state index contributed by atoms with van der Waals surface area (Å²) in [5.74, 6) is 1.02. The van der Waals surface area contributed by atoms with Gasteiger partial charge in [-0.25, -0.2) is 0 Å². The van der Waals surface area contributed by atoms with Crippen molar-refractivity contribution in [2.45, 2.75) is 88.9 Å². The lowest BCUT2D eigenvalue weighted by molar-refractivity contribution is -0.123. The number of halogens is 1. The van der Waals surface area contributed by atoms with E-state index in [9.17, 15) is 0 Å². The molecule has 3 aliphatic rings. The van der Waals surface area contributed by atoms with E-state index in [-0.39, 0.29) is 0 Å². The van der Waals surface area contributed by atoms with Gasteiger partial charge in [0.1, 0.15) is 0 Å². The second-order valence-corrected chi connectivity index (χ2v) is 11.1. The van der Waals surface area contributed by atoms with Gasteiger partial charge in [0.15, 0.2) is 0 Å². The highest BCUT2D eigenvalue weighted by Crippen LogP contribution is 2.71. The molecule has 0 aromatic carbocycles. The average Bonchev–Trinajstić information content (AvgIpc) is 2.32. The molecule has 0 bridgehead atoms. The molecular formula is C18H31I. The first kappa shape index (κ1) is 14.7. The van der Waals surface area contributed by atoms with Crippen LogP contribution in [-0.4, -0.2) is 3.42 Å². The quantitative estimate of drug-likeness (QED) is 0.342. The Kier molecular flexibility index (Phi) is 3.37. The van der Waals surface area contributed by atoms with Crippen LogP contribution >= 0.6 is 22.6 Å². The van der Waals surface area contributed by atoms with Gasteiger partial charge in [-0.1, -0.05) is 63.1 Å². The molecule has 3 saturated carbocycles. The molecule has 0 amide bonds. The predicted molar refractivity (Wildman–Crippen MR) is 91.8 cm³/mol. The van der Waals surface area contributed by atoms with E-state index >= 15 is 0 Å². The highest BCUT2D eigenvalue weighted by atomic mass is 127. The van der Waals surface area contributed by atoms with Crippen LogP contribution in [0, 0.1) is 22.2 Å². The maximum atomic E-state index is 2.91. The fraction of sp³-hybridized carbons (Fsp3) is 1.00. The summed E-state index contributed by atoms with van der Waals surface area (Å²) in [5.41, 5.74) is 1.78. The monoisotopic (exact) mass is 374 g/mol. The van der Waals surface area contributed by atoms with Crippen LogP contribution < -0.4 is 0 Å². The third-order valence-electron chi connectivity index (χ3n) is 7.60. The van der Waals surface area contributed by atoms with E-state index in [4.69, 9.17) is 0 Å². The average molecular weight is 374 g/mol. The van der Waals surface area contributed by atoms with Crippen molar-refractivity contribution in [3.8, 4) is 0 Å². The molecule has 3 aliphatic carbocycles. The smallest absolute Gasteiger partial charge is 0.0286 e. The minimum absolute atomic E-state index is 0.565. The van der Waals surface area contributed by atoms with E-state index in [1.54, 1.807) is 0 Å². The van der Waals surface area contributed by atoms with Crippen molar-refractivity contribution in [3.05, 3.63) is 0 Å². The van der Waals surface area contributed by atoms with Gasteiger partial charge in [-0.3, -0.25) is 0 Å². The van der Waals surface area contributed by atoms with Gasteiger partial charge in [-0.15, -0.1) is 0 Å². The molecule has 1 unspecified atom stereocenters. The van der Waals surface area contributed by atoms with E-state index in [0.717, 1.165) is 5.92 Å².